The standard InChI is InChI=1S/C15H23N5OS2/c1-6-7-20-13(9(2)3)18-19-15(20)22-8-12(21)17-14-16-10(4)11(5)23-14/h9H,6-8H2,1-5H3,(H,16,17,21). The van der Waals surface area contributed by atoms with Gasteiger partial charge in [0.25, 0.3) is 0 Å². The topological polar surface area (TPSA) is 72.7 Å². The van der Waals surface area contributed by atoms with Crippen molar-refractivity contribution in [1.82, 2.24) is 19.7 Å². The molecule has 0 aromatic carbocycles. The maximum Gasteiger partial charge on any atom is 0.236 e. The first-order chi connectivity index (χ1) is 10.9. The number of amides is 1. The van der Waals surface area contributed by atoms with Crippen LogP contribution in [0.5, 0.6) is 0 Å². The van der Waals surface area contributed by atoms with Crippen molar-refractivity contribution >= 4 is 34.1 Å². The molecular weight excluding hydrogens is 330 g/mol. The molecule has 0 aliphatic rings. The number of aryl methyl sites for hydroxylation is 2. The molecule has 2 rings (SSSR count). The van der Waals surface area contributed by atoms with Crippen LogP contribution in [0.15, 0.2) is 5.16 Å². The third-order valence-electron chi connectivity index (χ3n) is 3.32. The number of aromatic nitrogens is 4. The number of hydrogen-bond acceptors (Lipinski definition) is 6. The predicted octanol–water partition coefficient (Wildman–Crippen LogP) is 3.62. The third kappa shape index (κ3) is 4.54. The molecule has 2 heterocycles. The summed E-state index contributed by atoms with van der Waals surface area (Å²) in [6.07, 6.45) is 1.01. The maximum atomic E-state index is 12.1. The van der Waals surface area contributed by atoms with Crippen molar-refractivity contribution < 1.29 is 4.79 Å². The molecule has 8 heteroatoms. The van der Waals surface area contributed by atoms with Crippen LogP contribution in [0.3, 0.4) is 0 Å². The highest BCUT2D eigenvalue weighted by molar-refractivity contribution is 7.99. The van der Waals surface area contributed by atoms with Gasteiger partial charge in [-0.15, -0.1) is 21.5 Å². The summed E-state index contributed by atoms with van der Waals surface area (Å²) < 4.78 is 2.11. The number of carbonyl (C=O) groups is 1. The van der Waals surface area contributed by atoms with Gasteiger partial charge in [-0.05, 0) is 20.3 Å². The Morgan fingerprint density at radius 1 is 1.35 bits per heavy atom. The first kappa shape index (κ1) is 17.9. The van der Waals surface area contributed by atoms with E-state index in [1.807, 2.05) is 13.8 Å². The summed E-state index contributed by atoms with van der Waals surface area (Å²) in [6.45, 7) is 11.1. The zero-order valence-electron chi connectivity index (χ0n) is 14.2. The number of anilines is 1. The van der Waals surface area contributed by atoms with Crippen LogP contribution in [0.1, 0.15) is 49.5 Å². The number of rotatable bonds is 7. The fourth-order valence-corrected chi connectivity index (χ4v) is 3.68. The molecule has 2 aromatic heterocycles. The van der Waals surface area contributed by atoms with Crippen LogP contribution in [0.4, 0.5) is 5.13 Å². The van der Waals surface area contributed by atoms with Crippen molar-refractivity contribution in [2.24, 2.45) is 0 Å². The fourth-order valence-electron chi connectivity index (χ4n) is 2.08. The Morgan fingerprint density at radius 3 is 2.65 bits per heavy atom. The van der Waals surface area contributed by atoms with E-state index >= 15 is 0 Å². The van der Waals surface area contributed by atoms with Crippen LogP contribution < -0.4 is 5.32 Å². The van der Waals surface area contributed by atoms with Crippen molar-refractivity contribution in [2.45, 2.75) is 58.7 Å². The number of thiazole rings is 1. The van der Waals surface area contributed by atoms with E-state index in [0.717, 1.165) is 34.5 Å². The number of carbonyl (C=O) groups excluding carboxylic acids is 1. The molecule has 2 aromatic rings. The van der Waals surface area contributed by atoms with Crippen molar-refractivity contribution in [3.05, 3.63) is 16.4 Å². The van der Waals surface area contributed by atoms with E-state index in [9.17, 15) is 4.79 Å². The van der Waals surface area contributed by atoms with E-state index in [1.54, 1.807) is 0 Å². The highest BCUT2D eigenvalue weighted by atomic mass is 32.2. The molecule has 1 amide bonds. The highest BCUT2D eigenvalue weighted by Gasteiger charge is 2.16. The Kier molecular flexibility index (Phi) is 6.17. The molecule has 0 aliphatic carbocycles. The molecule has 0 atom stereocenters. The Labute approximate surface area is 145 Å². The lowest BCUT2D eigenvalue weighted by molar-refractivity contribution is -0.113. The molecule has 0 fully saturated rings. The van der Waals surface area contributed by atoms with Crippen LogP contribution in [0, 0.1) is 13.8 Å². The quantitative estimate of drug-likeness (QED) is 0.770. The van der Waals surface area contributed by atoms with Crippen LogP contribution in [0.25, 0.3) is 0 Å². The number of hydrogen-bond donors (Lipinski definition) is 1. The molecular formula is C15H23N5OS2. The van der Waals surface area contributed by atoms with Crippen molar-refractivity contribution in [2.75, 3.05) is 11.1 Å². The first-order valence-corrected chi connectivity index (χ1v) is 9.52. The maximum absolute atomic E-state index is 12.1. The lowest BCUT2D eigenvalue weighted by Gasteiger charge is -2.10. The van der Waals surface area contributed by atoms with E-state index < -0.39 is 0 Å². The van der Waals surface area contributed by atoms with Gasteiger partial charge in [0.15, 0.2) is 10.3 Å². The summed E-state index contributed by atoms with van der Waals surface area (Å²) in [6, 6.07) is 0. The minimum absolute atomic E-state index is 0.0686. The van der Waals surface area contributed by atoms with Crippen LogP contribution in [0.2, 0.25) is 0 Å². The summed E-state index contributed by atoms with van der Waals surface area (Å²) in [4.78, 5) is 17.5. The van der Waals surface area contributed by atoms with Crippen molar-refractivity contribution in [1.29, 1.82) is 0 Å². The molecule has 0 saturated carbocycles. The smallest absolute Gasteiger partial charge is 0.236 e. The van der Waals surface area contributed by atoms with Gasteiger partial charge in [-0.25, -0.2) is 4.98 Å². The molecule has 0 spiro atoms. The van der Waals surface area contributed by atoms with Gasteiger partial charge < -0.3 is 9.88 Å². The Bertz CT molecular complexity index is 658. The molecule has 0 radical (unpaired) electrons. The van der Waals surface area contributed by atoms with E-state index in [0.29, 0.717) is 16.8 Å². The van der Waals surface area contributed by atoms with E-state index in [2.05, 4.69) is 45.8 Å². The third-order valence-corrected chi connectivity index (χ3v) is 5.27. The Morgan fingerprint density at radius 2 is 2.09 bits per heavy atom. The minimum Gasteiger partial charge on any atom is -0.306 e. The van der Waals surface area contributed by atoms with Gasteiger partial charge in [-0.3, -0.25) is 4.79 Å². The molecule has 0 unspecified atom stereocenters. The second-order valence-electron chi connectivity index (χ2n) is 5.64. The molecule has 23 heavy (non-hydrogen) atoms. The van der Waals surface area contributed by atoms with Gasteiger partial charge >= 0.3 is 0 Å². The first-order valence-electron chi connectivity index (χ1n) is 7.72. The summed E-state index contributed by atoms with van der Waals surface area (Å²) >= 11 is 2.92. The van der Waals surface area contributed by atoms with Crippen molar-refractivity contribution in [3.63, 3.8) is 0 Å². The SMILES string of the molecule is CCCn1c(SCC(=O)Nc2nc(C)c(C)s2)nnc1C(C)C. The molecule has 1 N–H and O–H groups in total. The Balaban J connectivity index is 1.98. The summed E-state index contributed by atoms with van der Waals surface area (Å²) in [5.74, 6) is 1.53. The lowest BCUT2D eigenvalue weighted by Crippen LogP contribution is -2.15. The van der Waals surface area contributed by atoms with Crippen LogP contribution in [-0.2, 0) is 11.3 Å². The number of nitrogens with zero attached hydrogens (tertiary/aromatic N) is 4. The molecule has 0 saturated heterocycles. The second-order valence-corrected chi connectivity index (χ2v) is 7.79. The average Bonchev–Trinajstić information content (AvgIpc) is 3.01. The van der Waals surface area contributed by atoms with E-state index in [-0.39, 0.29) is 5.91 Å². The predicted molar refractivity (Wildman–Crippen MR) is 95.3 cm³/mol. The lowest BCUT2D eigenvalue weighted by atomic mass is 10.2. The zero-order chi connectivity index (χ0) is 17.0. The summed E-state index contributed by atoms with van der Waals surface area (Å²) in [7, 11) is 0. The second kappa shape index (κ2) is 7.92. The number of nitrogens with one attached hydrogen (secondary N) is 1. The van der Waals surface area contributed by atoms with Crippen molar-refractivity contribution in [3.8, 4) is 0 Å². The molecule has 126 valence electrons. The average molecular weight is 354 g/mol. The van der Waals surface area contributed by atoms with Crippen LogP contribution >= 0.6 is 23.1 Å². The van der Waals surface area contributed by atoms with Gasteiger partial charge in [0.05, 0.1) is 11.4 Å². The van der Waals surface area contributed by atoms with Gasteiger partial charge in [0, 0.05) is 17.3 Å². The van der Waals surface area contributed by atoms with E-state index in [4.69, 9.17) is 0 Å². The van der Waals surface area contributed by atoms with Gasteiger partial charge in [-0.1, -0.05) is 32.5 Å². The van der Waals surface area contributed by atoms with Crippen LogP contribution in [-0.4, -0.2) is 31.4 Å². The fraction of sp³-hybridized carbons (Fsp3) is 0.600. The minimum atomic E-state index is -0.0686. The zero-order valence-corrected chi connectivity index (χ0v) is 15.8. The van der Waals surface area contributed by atoms with Gasteiger partial charge in [-0.2, -0.15) is 0 Å². The summed E-state index contributed by atoms with van der Waals surface area (Å²) in [5.41, 5.74) is 0.960. The largest absolute Gasteiger partial charge is 0.306 e. The van der Waals surface area contributed by atoms with Gasteiger partial charge in [0.1, 0.15) is 5.82 Å². The normalized spacial score (nSPS) is 11.2. The Hall–Kier alpha value is -1.41. The van der Waals surface area contributed by atoms with Gasteiger partial charge in [0.2, 0.25) is 5.91 Å². The number of thioether (sulfide) groups is 1. The highest BCUT2D eigenvalue weighted by Crippen LogP contribution is 2.24. The summed E-state index contributed by atoms with van der Waals surface area (Å²) in [5, 5.41) is 12.8. The molecule has 6 nitrogen and oxygen atoms in total. The molecule has 0 bridgehead atoms. The molecule has 0 aliphatic heterocycles. The van der Waals surface area contributed by atoms with E-state index in [1.165, 1.54) is 23.1 Å². The monoisotopic (exact) mass is 353 g/mol.